The lowest BCUT2D eigenvalue weighted by molar-refractivity contribution is -0.0507. The first kappa shape index (κ1) is 24.9. The summed E-state index contributed by atoms with van der Waals surface area (Å²) in [6.45, 7) is -3.04. The fourth-order valence-electron chi connectivity index (χ4n) is 4.38. The van der Waals surface area contributed by atoms with E-state index in [1.54, 1.807) is 34.9 Å². The van der Waals surface area contributed by atoms with Gasteiger partial charge in [0, 0.05) is 21.1 Å². The number of benzene rings is 2. The molecule has 0 unspecified atom stereocenters. The van der Waals surface area contributed by atoms with Crippen LogP contribution < -0.4 is 14.2 Å². The maximum atomic E-state index is 13.2. The maximum absolute atomic E-state index is 13.2. The van der Waals surface area contributed by atoms with Gasteiger partial charge in [-0.1, -0.05) is 33.6 Å². The molecular formula is C23H18BrClF2N4O4S. The van der Waals surface area contributed by atoms with E-state index in [1.165, 1.54) is 31.5 Å². The van der Waals surface area contributed by atoms with Gasteiger partial charge >= 0.3 is 6.61 Å². The van der Waals surface area contributed by atoms with Gasteiger partial charge in [0.1, 0.15) is 16.5 Å². The molecule has 5 rings (SSSR count). The van der Waals surface area contributed by atoms with Crippen LogP contribution in [-0.4, -0.2) is 36.7 Å². The van der Waals surface area contributed by atoms with Crippen LogP contribution in [-0.2, 0) is 10.0 Å². The minimum Gasteiger partial charge on any atom is -0.481 e. The molecule has 0 radical (unpaired) electrons. The highest BCUT2D eigenvalue weighted by molar-refractivity contribution is 9.10. The Morgan fingerprint density at radius 3 is 2.72 bits per heavy atom. The topological polar surface area (TPSA) is 95.3 Å². The molecule has 3 heterocycles. The molecule has 0 bridgehead atoms. The smallest absolute Gasteiger partial charge is 0.387 e. The average molecular weight is 600 g/mol. The fourth-order valence-corrected chi connectivity index (χ4v) is 6.31. The molecule has 1 aliphatic rings. The molecule has 0 saturated heterocycles. The van der Waals surface area contributed by atoms with Crippen molar-refractivity contribution in [2.24, 2.45) is 0 Å². The molecule has 0 saturated carbocycles. The Balaban J connectivity index is 1.62. The largest absolute Gasteiger partial charge is 0.481 e. The van der Waals surface area contributed by atoms with Gasteiger partial charge in [0.05, 0.1) is 36.4 Å². The highest BCUT2D eigenvalue weighted by atomic mass is 79.9. The van der Waals surface area contributed by atoms with E-state index in [4.69, 9.17) is 21.1 Å². The number of hydrogen-bond donors (Lipinski definition) is 1. The number of ether oxygens (including phenoxy) is 2. The minimum absolute atomic E-state index is 0.0259. The Kier molecular flexibility index (Phi) is 6.62. The number of rotatable bonds is 7. The van der Waals surface area contributed by atoms with Crippen molar-refractivity contribution in [2.45, 2.75) is 30.0 Å². The Morgan fingerprint density at radius 1 is 1.22 bits per heavy atom. The number of nitrogens with zero attached hydrogens (tertiary/aromatic N) is 3. The van der Waals surface area contributed by atoms with Crippen molar-refractivity contribution in [1.29, 1.82) is 0 Å². The SMILES string of the molecule is COc1ccc(S(=O)(=O)N[C@@H]2C[C@H](c3c(Br)cccc3OC(F)F)n3c2nc2ccc(Cl)cc23)cn1. The molecule has 0 spiro atoms. The van der Waals surface area contributed by atoms with E-state index in [0.29, 0.717) is 31.9 Å². The maximum Gasteiger partial charge on any atom is 0.387 e. The number of halogens is 4. The van der Waals surface area contributed by atoms with E-state index >= 15 is 0 Å². The van der Waals surface area contributed by atoms with Crippen molar-refractivity contribution < 1.29 is 26.7 Å². The second-order valence-corrected chi connectivity index (χ2v) is 11.0. The number of methoxy groups -OCH3 is 1. The molecule has 188 valence electrons. The summed E-state index contributed by atoms with van der Waals surface area (Å²) in [4.78, 5) is 8.57. The van der Waals surface area contributed by atoms with E-state index in [2.05, 4.69) is 30.6 Å². The van der Waals surface area contributed by atoms with Crippen LogP contribution in [0.15, 0.2) is 64.1 Å². The van der Waals surface area contributed by atoms with Gasteiger partial charge in [-0.25, -0.2) is 23.1 Å². The van der Waals surface area contributed by atoms with Crippen molar-refractivity contribution in [3.05, 3.63) is 75.6 Å². The van der Waals surface area contributed by atoms with Crippen LogP contribution in [0.3, 0.4) is 0 Å². The predicted molar refractivity (Wildman–Crippen MR) is 132 cm³/mol. The van der Waals surface area contributed by atoms with Crippen molar-refractivity contribution >= 4 is 48.6 Å². The number of hydrogen-bond acceptors (Lipinski definition) is 6. The number of aromatic nitrogens is 3. The molecule has 0 amide bonds. The second-order valence-electron chi connectivity index (χ2n) is 7.96. The number of alkyl halides is 2. The molecule has 0 aliphatic carbocycles. The normalized spacial score (nSPS) is 17.5. The highest BCUT2D eigenvalue weighted by Crippen LogP contribution is 2.47. The quantitative estimate of drug-likeness (QED) is 0.303. The standard InChI is InChI=1S/C23H18BrClF2N4O4S/c1-34-20-8-6-13(11-28-20)36(32,33)30-16-10-18(21-14(24)3-2-4-19(21)35-23(26)27)31-17-9-12(25)5-7-15(17)29-22(16)31/h2-9,11,16,18,23,30H,10H2,1H3/t16-,18-/m1/s1. The summed E-state index contributed by atoms with van der Waals surface area (Å²) in [7, 11) is -2.58. The molecule has 2 atom stereocenters. The molecule has 1 aliphatic heterocycles. The molecule has 36 heavy (non-hydrogen) atoms. The van der Waals surface area contributed by atoms with Crippen molar-refractivity contribution in [2.75, 3.05) is 7.11 Å². The Hall–Kier alpha value is -2.80. The first-order chi connectivity index (χ1) is 17.2. The van der Waals surface area contributed by atoms with Crippen LogP contribution in [0.2, 0.25) is 5.02 Å². The minimum atomic E-state index is -4.01. The van der Waals surface area contributed by atoms with E-state index in [1.807, 2.05) is 0 Å². The fraction of sp³-hybridized carbons (Fsp3) is 0.217. The van der Waals surface area contributed by atoms with Crippen LogP contribution in [0.4, 0.5) is 8.78 Å². The third-order valence-electron chi connectivity index (χ3n) is 5.85. The summed E-state index contributed by atoms with van der Waals surface area (Å²) < 4.78 is 67.7. The van der Waals surface area contributed by atoms with Crippen LogP contribution in [0.25, 0.3) is 11.0 Å². The number of sulfonamides is 1. The van der Waals surface area contributed by atoms with Crippen LogP contribution in [0, 0.1) is 0 Å². The van der Waals surface area contributed by atoms with Crippen LogP contribution >= 0.6 is 27.5 Å². The van der Waals surface area contributed by atoms with Crippen LogP contribution in [0.5, 0.6) is 11.6 Å². The van der Waals surface area contributed by atoms with E-state index in [0.717, 1.165) is 0 Å². The zero-order valence-electron chi connectivity index (χ0n) is 18.5. The summed E-state index contributed by atoms with van der Waals surface area (Å²) in [5.41, 5.74) is 1.65. The van der Waals surface area contributed by atoms with Crippen molar-refractivity contribution in [3.63, 3.8) is 0 Å². The van der Waals surface area contributed by atoms with Gasteiger partial charge in [-0.15, -0.1) is 0 Å². The first-order valence-electron chi connectivity index (χ1n) is 10.6. The summed E-state index contributed by atoms with van der Waals surface area (Å²) in [5.74, 6) is 0.664. The van der Waals surface area contributed by atoms with Gasteiger partial charge in [0.25, 0.3) is 0 Å². The lowest BCUT2D eigenvalue weighted by Gasteiger charge is -2.20. The lowest BCUT2D eigenvalue weighted by Crippen LogP contribution is -2.28. The number of imidazole rings is 1. The number of fused-ring (bicyclic) bond motifs is 3. The second kappa shape index (κ2) is 9.58. The molecule has 2 aromatic carbocycles. The number of nitrogens with one attached hydrogen (secondary N) is 1. The lowest BCUT2D eigenvalue weighted by atomic mass is 10.0. The van der Waals surface area contributed by atoms with E-state index in [9.17, 15) is 17.2 Å². The molecular weight excluding hydrogens is 582 g/mol. The average Bonchev–Trinajstić information content (AvgIpc) is 3.36. The van der Waals surface area contributed by atoms with E-state index < -0.39 is 28.7 Å². The zero-order valence-corrected chi connectivity index (χ0v) is 21.7. The van der Waals surface area contributed by atoms with Gasteiger partial charge in [0.15, 0.2) is 0 Å². The summed E-state index contributed by atoms with van der Waals surface area (Å²) in [6, 6.07) is 11.3. The predicted octanol–water partition coefficient (Wildman–Crippen LogP) is 5.47. The molecule has 8 nitrogen and oxygen atoms in total. The van der Waals surface area contributed by atoms with Crippen molar-refractivity contribution in [1.82, 2.24) is 19.3 Å². The summed E-state index contributed by atoms with van der Waals surface area (Å²) in [6.07, 6.45) is 1.38. The van der Waals surface area contributed by atoms with Gasteiger partial charge < -0.3 is 14.0 Å². The Labute approximate surface area is 218 Å². The van der Waals surface area contributed by atoms with Gasteiger partial charge in [0.2, 0.25) is 15.9 Å². The van der Waals surface area contributed by atoms with Gasteiger partial charge in [-0.05, 0) is 42.8 Å². The third kappa shape index (κ3) is 4.54. The molecule has 1 N–H and O–H groups in total. The Bertz CT molecular complexity index is 1550. The number of pyridine rings is 1. The monoisotopic (exact) mass is 598 g/mol. The molecule has 4 aromatic rings. The van der Waals surface area contributed by atoms with Crippen molar-refractivity contribution in [3.8, 4) is 11.6 Å². The molecule has 0 fully saturated rings. The third-order valence-corrected chi connectivity index (χ3v) is 8.23. The van der Waals surface area contributed by atoms with Gasteiger partial charge in [-0.2, -0.15) is 8.78 Å². The molecule has 2 aromatic heterocycles. The van der Waals surface area contributed by atoms with Crippen LogP contribution in [0.1, 0.15) is 29.9 Å². The Morgan fingerprint density at radius 2 is 2.03 bits per heavy atom. The highest BCUT2D eigenvalue weighted by Gasteiger charge is 2.39. The molecule has 13 heteroatoms. The van der Waals surface area contributed by atoms with Gasteiger partial charge in [-0.3, -0.25) is 0 Å². The van der Waals surface area contributed by atoms with E-state index in [-0.39, 0.29) is 22.9 Å². The zero-order chi connectivity index (χ0) is 25.6. The first-order valence-corrected chi connectivity index (χ1v) is 13.3. The summed E-state index contributed by atoms with van der Waals surface area (Å²) >= 11 is 9.70. The summed E-state index contributed by atoms with van der Waals surface area (Å²) in [5, 5.41) is 0.452.